The highest BCUT2D eigenvalue weighted by Gasteiger charge is 2.15. The molecule has 5 heteroatoms. The van der Waals surface area contributed by atoms with Gasteiger partial charge in [0.15, 0.2) is 11.6 Å². The number of hydrogen-bond acceptors (Lipinski definition) is 2. The van der Waals surface area contributed by atoms with Gasteiger partial charge in [-0.3, -0.25) is 4.79 Å². The van der Waals surface area contributed by atoms with Crippen molar-refractivity contribution in [1.82, 2.24) is 4.90 Å². The maximum Gasteiger partial charge on any atom is 0.253 e. The van der Waals surface area contributed by atoms with E-state index in [0.29, 0.717) is 17.7 Å². The monoisotopic (exact) mass is 307 g/mol. The topological polar surface area (TPSA) is 29.5 Å². The number of halogens is 2. The molecule has 22 heavy (non-hydrogen) atoms. The Morgan fingerprint density at radius 3 is 2.50 bits per heavy atom. The van der Waals surface area contributed by atoms with Gasteiger partial charge in [-0.2, -0.15) is 0 Å². The lowest BCUT2D eigenvalue weighted by atomic mass is 10.1. The molecular weight excluding hydrogens is 288 g/mol. The number of likely N-dealkylation sites (N-methyl/N-ethyl adjacent to an activating group) is 1. The number of carbonyl (C=O) groups excluding carboxylic acids is 1. The Hall–Kier alpha value is -2.43. The van der Waals surface area contributed by atoms with Crippen LogP contribution in [0.15, 0.2) is 54.7 Å². The number of amides is 1. The van der Waals surface area contributed by atoms with Crippen molar-refractivity contribution in [2.75, 3.05) is 20.2 Å². The van der Waals surface area contributed by atoms with Crippen molar-refractivity contribution in [3.63, 3.8) is 0 Å². The van der Waals surface area contributed by atoms with Gasteiger partial charge in [0.1, 0.15) is 12.4 Å². The quantitative estimate of drug-likeness (QED) is 0.570. The van der Waals surface area contributed by atoms with Gasteiger partial charge in [-0.15, -0.1) is 0 Å². The molecule has 0 aliphatic heterocycles. The number of nitrogens with zero attached hydrogens (tertiary/aromatic N) is 1. The second-order valence-electron chi connectivity index (χ2n) is 4.53. The Balaban J connectivity index is 2.99. The molecule has 0 fully saturated rings. The van der Waals surface area contributed by atoms with Crippen LogP contribution < -0.4 is 4.74 Å². The first-order valence-electron chi connectivity index (χ1n) is 6.75. The van der Waals surface area contributed by atoms with E-state index in [4.69, 9.17) is 4.74 Å². The lowest BCUT2D eigenvalue weighted by Crippen LogP contribution is -2.28. The van der Waals surface area contributed by atoms with Crippen molar-refractivity contribution in [2.24, 2.45) is 0 Å². The van der Waals surface area contributed by atoms with Gasteiger partial charge in [-0.1, -0.05) is 25.3 Å². The Kier molecular flexibility index (Phi) is 6.50. The SMILES string of the molecule is C=C/C(COc1ccc(F)cc1F)=C(\C=C)C(=O)N(C)CC. The van der Waals surface area contributed by atoms with Crippen LogP contribution in [0.3, 0.4) is 0 Å². The second-order valence-corrected chi connectivity index (χ2v) is 4.53. The third kappa shape index (κ3) is 4.28. The Bertz CT molecular complexity index is 609. The van der Waals surface area contributed by atoms with Crippen molar-refractivity contribution in [3.05, 3.63) is 66.3 Å². The first-order chi connectivity index (χ1) is 10.4. The fraction of sp³-hybridized carbons (Fsp3) is 0.235. The summed E-state index contributed by atoms with van der Waals surface area (Å²) < 4.78 is 31.7. The highest BCUT2D eigenvalue weighted by Crippen LogP contribution is 2.19. The van der Waals surface area contributed by atoms with Crippen LogP contribution >= 0.6 is 0 Å². The Morgan fingerprint density at radius 2 is 2.00 bits per heavy atom. The lowest BCUT2D eigenvalue weighted by molar-refractivity contribution is -0.125. The molecule has 0 N–H and O–H groups in total. The third-order valence-electron chi connectivity index (χ3n) is 3.13. The zero-order chi connectivity index (χ0) is 16.7. The van der Waals surface area contributed by atoms with Gasteiger partial charge in [0.2, 0.25) is 0 Å². The summed E-state index contributed by atoms with van der Waals surface area (Å²) in [5.41, 5.74) is 0.811. The van der Waals surface area contributed by atoms with Gasteiger partial charge in [-0.25, -0.2) is 8.78 Å². The molecule has 1 aromatic rings. The number of ether oxygens (including phenoxy) is 1. The molecule has 1 aromatic carbocycles. The number of carbonyl (C=O) groups is 1. The lowest BCUT2D eigenvalue weighted by Gasteiger charge is -2.17. The zero-order valence-electron chi connectivity index (χ0n) is 12.7. The zero-order valence-corrected chi connectivity index (χ0v) is 12.7. The molecule has 3 nitrogen and oxygen atoms in total. The summed E-state index contributed by atoms with van der Waals surface area (Å²) in [6.07, 6.45) is 2.87. The van der Waals surface area contributed by atoms with Gasteiger partial charge >= 0.3 is 0 Å². The number of hydrogen-bond donors (Lipinski definition) is 0. The van der Waals surface area contributed by atoms with E-state index in [1.54, 1.807) is 7.05 Å². The molecule has 0 bridgehead atoms. The summed E-state index contributed by atoms with van der Waals surface area (Å²) in [5.74, 6) is -1.81. The van der Waals surface area contributed by atoms with Gasteiger partial charge in [0, 0.05) is 30.8 Å². The Morgan fingerprint density at radius 1 is 1.32 bits per heavy atom. The molecule has 0 radical (unpaired) electrons. The maximum absolute atomic E-state index is 13.5. The van der Waals surface area contributed by atoms with Crippen molar-refractivity contribution in [2.45, 2.75) is 6.92 Å². The molecule has 0 saturated carbocycles. The van der Waals surface area contributed by atoms with Crippen molar-refractivity contribution in [1.29, 1.82) is 0 Å². The first-order valence-corrected chi connectivity index (χ1v) is 6.75. The van der Waals surface area contributed by atoms with Gasteiger partial charge < -0.3 is 9.64 Å². The maximum atomic E-state index is 13.5. The molecule has 1 amide bonds. The van der Waals surface area contributed by atoms with E-state index < -0.39 is 11.6 Å². The van der Waals surface area contributed by atoms with E-state index in [-0.39, 0.29) is 18.3 Å². The van der Waals surface area contributed by atoms with Crippen LogP contribution in [0.1, 0.15) is 6.92 Å². The third-order valence-corrected chi connectivity index (χ3v) is 3.13. The van der Waals surface area contributed by atoms with Crippen LogP contribution in [0.5, 0.6) is 5.75 Å². The molecule has 0 spiro atoms. The van der Waals surface area contributed by atoms with Crippen LogP contribution in [-0.2, 0) is 4.79 Å². The molecule has 1 rings (SSSR count). The minimum atomic E-state index is -0.805. The number of rotatable bonds is 7. The predicted octanol–water partition coefficient (Wildman–Crippen LogP) is 3.49. The smallest absolute Gasteiger partial charge is 0.253 e. The van der Waals surface area contributed by atoms with E-state index in [1.165, 1.54) is 23.1 Å². The molecule has 0 aliphatic rings. The fourth-order valence-corrected chi connectivity index (χ4v) is 1.70. The summed E-state index contributed by atoms with van der Waals surface area (Å²) in [4.78, 5) is 13.7. The predicted molar refractivity (Wildman–Crippen MR) is 82.6 cm³/mol. The van der Waals surface area contributed by atoms with Crippen LogP contribution in [0.2, 0.25) is 0 Å². The molecule has 0 aliphatic carbocycles. The van der Waals surface area contributed by atoms with Crippen molar-refractivity contribution < 1.29 is 18.3 Å². The molecule has 0 saturated heterocycles. The van der Waals surface area contributed by atoms with Crippen LogP contribution in [0, 0.1) is 11.6 Å². The molecule has 0 aromatic heterocycles. The standard InChI is InChI=1S/C17H19F2NO2/c1-5-12(14(6-2)17(21)20(4)7-3)11-22-16-9-8-13(18)10-15(16)19/h5-6,8-10H,1-2,7,11H2,3-4H3/b14-12-. The van der Waals surface area contributed by atoms with E-state index in [0.717, 1.165) is 12.1 Å². The molecule has 0 atom stereocenters. The minimum Gasteiger partial charge on any atom is -0.486 e. The first kappa shape index (κ1) is 17.6. The summed E-state index contributed by atoms with van der Waals surface area (Å²) in [7, 11) is 1.66. The fourth-order valence-electron chi connectivity index (χ4n) is 1.70. The van der Waals surface area contributed by atoms with E-state index >= 15 is 0 Å². The second kappa shape index (κ2) is 8.12. The van der Waals surface area contributed by atoms with Crippen molar-refractivity contribution in [3.8, 4) is 5.75 Å². The van der Waals surface area contributed by atoms with E-state index in [1.807, 2.05) is 6.92 Å². The summed E-state index contributed by atoms with van der Waals surface area (Å²) >= 11 is 0. The largest absolute Gasteiger partial charge is 0.486 e. The van der Waals surface area contributed by atoms with Gasteiger partial charge in [-0.05, 0) is 19.1 Å². The number of benzene rings is 1. The van der Waals surface area contributed by atoms with Crippen LogP contribution in [0.25, 0.3) is 0 Å². The highest BCUT2D eigenvalue weighted by atomic mass is 19.1. The van der Waals surface area contributed by atoms with Crippen LogP contribution in [-0.4, -0.2) is 31.0 Å². The summed E-state index contributed by atoms with van der Waals surface area (Å²) in [6.45, 7) is 9.56. The van der Waals surface area contributed by atoms with Gasteiger partial charge in [0.05, 0.1) is 0 Å². The van der Waals surface area contributed by atoms with E-state index in [2.05, 4.69) is 13.2 Å². The average Bonchev–Trinajstić information content (AvgIpc) is 2.51. The van der Waals surface area contributed by atoms with Crippen LogP contribution in [0.4, 0.5) is 8.78 Å². The average molecular weight is 307 g/mol. The Labute approximate surface area is 129 Å². The van der Waals surface area contributed by atoms with E-state index in [9.17, 15) is 13.6 Å². The molecule has 0 unspecified atom stereocenters. The molecule has 0 heterocycles. The molecule has 118 valence electrons. The minimum absolute atomic E-state index is 0.0727. The summed E-state index contributed by atoms with van der Waals surface area (Å²) in [6, 6.07) is 3.02. The van der Waals surface area contributed by atoms with Crippen molar-refractivity contribution >= 4 is 5.91 Å². The summed E-state index contributed by atoms with van der Waals surface area (Å²) in [5, 5.41) is 0. The highest BCUT2D eigenvalue weighted by molar-refractivity contribution is 5.97. The molecular formula is C17H19F2NO2. The normalized spacial score (nSPS) is 11.5. The van der Waals surface area contributed by atoms with Gasteiger partial charge in [0.25, 0.3) is 5.91 Å².